The summed E-state index contributed by atoms with van der Waals surface area (Å²) in [5.41, 5.74) is 5.08. The van der Waals surface area contributed by atoms with Crippen molar-refractivity contribution in [3.05, 3.63) is 20.0 Å². The fourth-order valence-corrected chi connectivity index (χ4v) is 4.51. The van der Waals surface area contributed by atoms with Crippen LogP contribution in [0.1, 0.15) is 33.2 Å². The Morgan fingerprint density at radius 2 is 1.77 bits per heavy atom. The summed E-state index contributed by atoms with van der Waals surface area (Å²) in [6.45, 7) is 3.48. The Morgan fingerprint density at radius 3 is 2.37 bits per heavy atom. The van der Waals surface area contributed by atoms with Crippen molar-refractivity contribution < 1.29 is 28.6 Å². The molecule has 2 heterocycles. The molecule has 0 saturated heterocycles. The summed E-state index contributed by atoms with van der Waals surface area (Å²) >= 11 is 0.668. The number of aromatic amines is 1. The second-order valence-corrected chi connectivity index (χ2v) is 7.82. The largest absolute Gasteiger partial charge is 0.465 e. The van der Waals surface area contributed by atoms with Crippen LogP contribution in [0.15, 0.2) is 9.59 Å². The second kappa shape index (κ2) is 8.26. The van der Waals surface area contributed by atoms with E-state index < -0.39 is 52.5 Å². The zero-order valence-electron chi connectivity index (χ0n) is 16.4. The Labute approximate surface area is 172 Å². The lowest BCUT2D eigenvalue weighted by Gasteiger charge is -2.26. The number of carbonyl (C=O) groups excluding carboxylic acids is 3. The van der Waals surface area contributed by atoms with Gasteiger partial charge in [-0.15, -0.1) is 0 Å². The van der Waals surface area contributed by atoms with Crippen LogP contribution in [0.5, 0.6) is 0 Å². The number of nitrogens with zero attached hydrogens (tertiary/aromatic N) is 2. The Morgan fingerprint density at radius 1 is 1.13 bits per heavy atom. The van der Waals surface area contributed by atoms with Crippen molar-refractivity contribution in [1.29, 1.82) is 0 Å². The Balaban J connectivity index is 2.13. The van der Waals surface area contributed by atoms with Gasteiger partial charge in [-0.25, -0.2) is 0 Å². The van der Waals surface area contributed by atoms with Crippen LogP contribution in [-0.2, 0) is 28.6 Å². The highest BCUT2D eigenvalue weighted by atomic mass is 32.1. The molecule has 162 valence electrons. The summed E-state index contributed by atoms with van der Waals surface area (Å²) in [6.07, 6.45) is -1.88. The minimum absolute atomic E-state index is 0.0307. The summed E-state index contributed by atoms with van der Waals surface area (Å²) in [7, 11) is 0. The lowest BCUT2D eigenvalue weighted by Crippen LogP contribution is -2.39. The van der Waals surface area contributed by atoms with Gasteiger partial charge in [-0.05, 0) is 6.42 Å². The van der Waals surface area contributed by atoms with E-state index in [-0.39, 0.29) is 29.3 Å². The summed E-state index contributed by atoms with van der Waals surface area (Å²) in [6, 6.07) is -0.825. The summed E-state index contributed by atoms with van der Waals surface area (Å²) in [4.78, 5) is 65.4. The molecule has 30 heavy (non-hydrogen) atoms. The predicted octanol–water partition coefficient (Wildman–Crippen LogP) is -0.284. The van der Waals surface area contributed by atoms with Crippen LogP contribution < -0.4 is 16.2 Å². The fraction of sp³-hybridized carbons (Fsp3) is 0.529. The Kier molecular flexibility index (Phi) is 5.92. The molecular weight excluding hydrogens is 420 g/mol. The van der Waals surface area contributed by atoms with Gasteiger partial charge in [-0.3, -0.25) is 33.5 Å². The number of hydrogen-bond acceptors (Lipinski definition) is 11. The normalized spacial score (nSPS) is 23.3. The third kappa shape index (κ3) is 4.20. The number of nitrogens with one attached hydrogen (secondary N) is 1. The highest BCUT2D eigenvalue weighted by molar-refractivity contribution is 7.16. The SMILES string of the molecule is CC(=O)OC[C@H]1C[C@@H](n2c(=O)sc3c(=O)[nH]c(N)nc32)[C@H](OC(C)=O)[C@H]1OC(C)=O. The number of rotatable bonds is 5. The highest BCUT2D eigenvalue weighted by Gasteiger charge is 2.50. The Bertz CT molecular complexity index is 1120. The molecule has 1 fully saturated rings. The van der Waals surface area contributed by atoms with Crippen molar-refractivity contribution in [2.75, 3.05) is 12.3 Å². The third-order valence-electron chi connectivity index (χ3n) is 4.64. The molecule has 0 amide bonds. The van der Waals surface area contributed by atoms with Gasteiger partial charge in [0.05, 0.1) is 12.6 Å². The van der Waals surface area contributed by atoms with Crippen LogP contribution in [0.2, 0.25) is 0 Å². The van der Waals surface area contributed by atoms with E-state index >= 15 is 0 Å². The van der Waals surface area contributed by atoms with E-state index in [0.29, 0.717) is 11.3 Å². The average Bonchev–Trinajstić information content (AvgIpc) is 3.10. The van der Waals surface area contributed by atoms with Gasteiger partial charge in [0.2, 0.25) is 5.95 Å². The number of nitrogen functional groups attached to an aromatic ring is 1. The lowest BCUT2D eigenvalue weighted by molar-refractivity contribution is -0.168. The van der Waals surface area contributed by atoms with Crippen molar-refractivity contribution in [2.45, 2.75) is 45.4 Å². The first-order valence-electron chi connectivity index (χ1n) is 8.97. The minimum Gasteiger partial charge on any atom is -0.465 e. The fourth-order valence-electron chi connectivity index (χ4n) is 3.64. The van der Waals surface area contributed by atoms with Crippen LogP contribution >= 0.6 is 11.3 Å². The molecule has 0 aromatic carbocycles. The molecule has 2 aromatic heterocycles. The lowest BCUT2D eigenvalue weighted by atomic mass is 10.1. The van der Waals surface area contributed by atoms with E-state index in [1.54, 1.807) is 0 Å². The van der Waals surface area contributed by atoms with Crippen molar-refractivity contribution in [3.63, 3.8) is 0 Å². The molecule has 12 nitrogen and oxygen atoms in total. The number of aromatic nitrogens is 3. The van der Waals surface area contributed by atoms with Gasteiger partial charge < -0.3 is 19.9 Å². The summed E-state index contributed by atoms with van der Waals surface area (Å²) in [5, 5.41) is 0. The van der Waals surface area contributed by atoms with Gasteiger partial charge in [0.15, 0.2) is 11.8 Å². The smallest absolute Gasteiger partial charge is 0.309 e. The molecule has 1 aliphatic rings. The average molecular weight is 440 g/mol. The molecule has 0 aliphatic heterocycles. The van der Waals surface area contributed by atoms with Crippen LogP contribution in [0.4, 0.5) is 5.95 Å². The number of fused-ring (bicyclic) bond motifs is 1. The molecule has 2 aromatic rings. The quantitative estimate of drug-likeness (QED) is 0.465. The molecule has 3 rings (SSSR count). The molecule has 0 spiro atoms. The maximum absolute atomic E-state index is 12.7. The first kappa shape index (κ1) is 21.5. The predicted molar refractivity (Wildman–Crippen MR) is 104 cm³/mol. The van der Waals surface area contributed by atoms with E-state index in [4.69, 9.17) is 19.9 Å². The number of carbonyl (C=O) groups is 3. The van der Waals surface area contributed by atoms with Gasteiger partial charge in [0.1, 0.15) is 10.8 Å². The molecule has 0 radical (unpaired) electrons. The number of esters is 3. The Hall–Kier alpha value is -3.22. The number of ether oxygens (including phenoxy) is 3. The number of hydrogen-bond donors (Lipinski definition) is 2. The van der Waals surface area contributed by atoms with E-state index in [0.717, 1.165) is 0 Å². The number of anilines is 1. The molecule has 3 N–H and O–H groups in total. The van der Waals surface area contributed by atoms with E-state index in [1.807, 2.05) is 0 Å². The van der Waals surface area contributed by atoms with Gasteiger partial charge in [-0.1, -0.05) is 11.3 Å². The van der Waals surface area contributed by atoms with E-state index in [2.05, 4.69) is 9.97 Å². The maximum Gasteiger partial charge on any atom is 0.309 e. The van der Waals surface area contributed by atoms with Crippen molar-refractivity contribution in [2.24, 2.45) is 5.92 Å². The topological polar surface area (TPSA) is 173 Å². The van der Waals surface area contributed by atoms with Crippen molar-refractivity contribution >= 4 is 45.5 Å². The first-order chi connectivity index (χ1) is 14.1. The zero-order valence-corrected chi connectivity index (χ0v) is 17.2. The molecule has 13 heteroatoms. The van der Waals surface area contributed by atoms with Crippen LogP contribution in [-0.4, -0.2) is 51.3 Å². The van der Waals surface area contributed by atoms with Gasteiger partial charge in [-0.2, -0.15) is 4.98 Å². The third-order valence-corrected chi connectivity index (χ3v) is 5.58. The van der Waals surface area contributed by atoms with Crippen LogP contribution in [0, 0.1) is 5.92 Å². The zero-order chi connectivity index (χ0) is 22.2. The van der Waals surface area contributed by atoms with E-state index in [1.165, 1.54) is 25.3 Å². The molecule has 0 bridgehead atoms. The number of nitrogens with two attached hydrogens (primary N) is 1. The number of H-pyrrole nitrogens is 1. The van der Waals surface area contributed by atoms with Gasteiger partial charge >= 0.3 is 22.8 Å². The molecule has 1 saturated carbocycles. The highest BCUT2D eigenvalue weighted by Crippen LogP contribution is 2.40. The van der Waals surface area contributed by atoms with Crippen LogP contribution in [0.3, 0.4) is 0 Å². The molecule has 4 atom stereocenters. The first-order valence-corrected chi connectivity index (χ1v) is 9.78. The summed E-state index contributed by atoms with van der Waals surface area (Å²) in [5.74, 6) is -2.58. The standard InChI is InChI=1S/C17H20N4O8S/c1-6(22)27-5-9-4-10(12(29-8(3)24)11(9)28-7(2)23)21-14-13(30-17(21)26)15(25)20-16(18)19-14/h9-12H,4-5H2,1-3H3,(H3,18,19,20,25)/t9-,10-,11+,12+/m1/s1. The van der Waals surface area contributed by atoms with Gasteiger partial charge in [0, 0.05) is 26.7 Å². The minimum atomic E-state index is -1.07. The monoisotopic (exact) mass is 440 g/mol. The second-order valence-electron chi connectivity index (χ2n) is 6.86. The summed E-state index contributed by atoms with van der Waals surface area (Å²) < 4.78 is 17.1. The van der Waals surface area contributed by atoms with Crippen molar-refractivity contribution in [3.8, 4) is 0 Å². The van der Waals surface area contributed by atoms with Crippen molar-refractivity contribution in [1.82, 2.24) is 14.5 Å². The van der Waals surface area contributed by atoms with Gasteiger partial charge in [0.25, 0.3) is 5.56 Å². The van der Waals surface area contributed by atoms with E-state index in [9.17, 15) is 24.0 Å². The number of thiazole rings is 1. The molecular formula is C17H20N4O8S. The maximum atomic E-state index is 12.7. The molecule has 0 unspecified atom stereocenters. The van der Waals surface area contributed by atoms with Crippen LogP contribution in [0.25, 0.3) is 10.3 Å². The molecule has 1 aliphatic carbocycles.